The van der Waals surface area contributed by atoms with Gasteiger partial charge in [0, 0.05) is 6.07 Å². The van der Waals surface area contributed by atoms with Gasteiger partial charge in [-0.3, -0.25) is 0 Å². The number of phenolic OH excluding ortho intramolecular Hbond substituents is 2. The lowest BCUT2D eigenvalue weighted by Crippen LogP contribution is -2.05. The van der Waals surface area contributed by atoms with Crippen LogP contribution in [0.1, 0.15) is 5.56 Å². The lowest BCUT2D eigenvalue weighted by Gasteiger charge is -2.09. The van der Waals surface area contributed by atoms with E-state index in [1.807, 2.05) is 6.07 Å². The van der Waals surface area contributed by atoms with Gasteiger partial charge >= 0.3 is 6.18 Å². The Morgan fingerprint density at radius 2 is 1.83 bits per heavy atom. The quantitative estimate of drug-likeness (QED) is 0.635. The molecule has 0 spiro atoms. The van der Waals surface area contributed by atoms with Crippen LogP contribution in [0.5, 0.6) is 11.5 Å². The monoisotopic (exact) mass is 177 g/mol. The van der Waals surface area contributed by atoms with Crippen molar-refractivity contribution in [2.75, 3.05) is 0 Å². The molecule has 1 aromatic carbocycles. The number of phenols is 2. The van der Waals surface area contributed by atoms with Crippen LogP contribution in [0.4, 0.5) is 13.2 Å². The Morgan fingerprint density at radius 3 is 2.17 bits per heavy atom. The van der Waals surface area contributed by atoms with E-state index in [-0.39, 0.29) is 0 Å². The minimum absolute atomic E-state index is 0.808. The molecule has 1 radical (unpaired) electrons. The molecule has 0 atom stereocenters. The molecule has 1 aromatic rings. The van der Waals surface area contributed by atoms with Crippen molar-refractivity contribution in [3.63, 3.8) is 0 Å². The summed E-state index contributed by atoms with van der Waals surface area (Å²) in [5, 5.41) is 17.4. The molecule has 12 heavy (non-hydrogen) atoms. The van der Waals surface area contributed by atoms with Gasteiger partial charge in [0.25, 0.3) is 0 Å². The number of aromatic hydroxyl groups is 2. The van der Waals surface area contributed by atoms with E-state index in [2.05, 4.69) is 0 Å². The van der Waals surface area contributed by atoms with Crippen LogP contribution in [0.25, 0.3) is 0 Å². The average molecular weight is 177 g/mol. The zero-order valence-corrected chi connectivity index (χ0v) is 5.68. The summed E-state index contributed by atoms with van der Waals surface area (Å²) in [5.74, 6) is -2.10. The van der Waals surface area contributed by atoms with Gasteiger partial charge in [0.1, 0.15) is 17.1 Å². The Bertz CT molecular complexity index is 273. The Hall–Kier alpha value is -1.39. The maximum Gasteiger partial charge on any atom is 0.423 e. The van der Waals surface area contributed by atoms with Crippen molar-refractivity contribution in [2.24, 2.45) is 0 Å². The number of rotatable bonds is 0. The van der Waals surface area contributed by atoms with E-state index in [1.54, 1.807) is 0 Å². The second kappa shape index (κ2) is 2.58. The van der Waals surface area contributed by atoms with Crippen molar-refractivity contribution < 1.29 is 23.4 Å². The van der Waals surface area contributed by atoms with E-state index in [0.717, 1.165) is 12.1 Å². The molecule has 0 unspecified atom stereocenters. The van der Waals surface area contributed by atoms with Gasteiger partial charge in [-0.1, -0.05) is 0 Å². The first kappa shape index (κ1) is 8.70. The first-order valence-corrected chi connectivity index (χ1v) is 2.92. The van der Waals surface area contributed by atoms with Crippen LogP contribution in [0.15, 0.2) is 12.1 Å². The van der Waals surface area contributed by atoms with Gasteiger partial charge in [-0.2, -0.15) is 13.2 Å². The molecule has 0 aliphatic heterocycles. The Kier molecular flexibility index (Phi) is 1.87. The van der Waals surface area contributed by atoms with Gasteiger partial charge in [-0.25, -0.2) is 0 Å². The van der Waals surface area contributed by atoms with Crippen LogP contribution in [0.3, 0.4) is 0 Å². The fourth-order valence-corrected chi connectivity index (χ4v) is 0.756. The van der Waals surface area contributed by atoms with Gasteiger partial charge in [-0.15, -0.1) is 0 Å². The second-order valence-corrected chi connectivity index (χ2v) is 2.08. The number of halogens is 3. The molecule has 0 aliphatic carbocycles. The molecular formula is C7H4F3O2. The molecule has 65 valence electrons. The maximum atomic E-state index is 12.0. The van der Waals surface area contributed by atoms with E-state index in [0.29, 0.717) is 0 Å². The van der Waals surface area contributed by atoms with Crippen molar-refractivity contribution in [3.8, 4) is 11.5 Å². The minimum atomic E-state index is -4.76. The van der Waals surface area contributed by atoms with Crippen molar-refractivity contribution in [2.45, 2.75) is 6.18 Å². The third-order valence-electron chi connectivity index (χ3n) is 1.24. The van der Waals surface area contributed by atoms with Crippen molar-refractivity contribution >= 4 is 0 Å². The van der Waals surface area contributed by atoms with Crippen LogP contribution in [0, 0.1) is 6.07 Å². The summed E-state index contributed by atoms with van der Waals surface area (Å²) >= 11 is 0. The highest BCUT2D eigenvalue weighted by atomic mass is 19.4. The fourth-order valence-electron chi connectivity index (χ4n) is 0.756. The average Bonchev–Trinajstić information content (AvgIpc) is 1.82. The highest BCUT2D eigenvalue weighted by Crippen LogP contribution is 2.40. The van der Waals surface area contributed by atoms with E-state index in [1.165, 1.54) is 0 Å². The van der Waals surface area contributed by atoms with E-state index in [4.69, 9.17) is 10.2 Å². The normalized spacial score (nSPS) is 11.6. The zero-order chi connectivity index (χ0) is 9.35. The number of hydrogen-bond donors (Lipinski definition) is 2. The zero-order valence-electron chi connectivity index (χ0n) is 5.68. The van der Waals surface area contributed by atoms with Gasteiger partial charge in [0.05, 0.1) is 0 Å². The van der Waals surface area contributed by atoms with Crippen molar-refractivity contribution in [3.05, 3.63) is 23.8 Å². The van der Waals surface area contributed by atoms with Crippen LogP contribution in [-0.4, -0.2) is 10.2 Å². The highest BCUT2D eigenvalue weighted by Gasteiger charge is 2.36. The third-order valence-corrected chi connectivity index (χ3v) is 1.24. The number of alkyl halides is 3. The number of hydrogen-bond acceptors (Lipinski definition) is 2. The summed E-state index contributed by atoms with van der Waals surface area (Å²) in [7, 11) is 0. The Labute approximate surface area is 65.9 Å². The SMILES string of the molecule is Oc1[c]ccc(O)c1C(F)(F)F. The van der Waals surface area contributed by atoms with Crippen molar-refractivity contribution in [1.82, 2.24) is 0 Å². The number of benzene rings is 1. The standard InChI is InChI=1S/C7H4F3O2/c8-7(9,10)6-4(11)2-1-3-5(6)12/h1-2,11-12H. The molecule has 0 saturated heterocycles. The van der Waals surface area contributed by atoms with E-state index >= 15 is 0 Å². The molecule has 0 amide bonds. The Morgan fingerprint density at radius 1 is 1.25 bits per heavy atom. The molecule has 5 heteroatoms. The van der Waals surface area contributed by atoms with Gasteiger partial charge in [0.2, 0.25) is 0 Å². The summed E-state index contributed by atoms with van der Waals surface area (Å²) in [6.07, 6.45) is -4.76. The van der Waals surface area contributed by atoms with Crippen LogP contribution >= 0.6 is 0 Å². The predicted molar refractivity (Wildman–Crippen MR) is 33.6 cm³/mol. The summed E-state index contributed by atoms with van der Waals surface area (Å²) in [6, 6.07) is 3.73. The van der Waals surface area contributed by atoms with Crippen molar-refractivity contribution in [1.29, 1.82) is 0 Å². The van der Waals surface area contributed by atoms with E-state index in [9.17, 15) is 13.2 Å². The lowest BCUT2D eigenvalue weighted by molar-refractivity contribution is -0.140. The maximum absolute atomic E-state index is 12.0. The second-order valence-electron chi connectivity index (χ2n) is 2.08. The molecule has 0 fully saturated rings. The largest absolute Gasteiger partial charge is 0.507 e. The minimum Gasteiger partial charge on any atom is -0.507 e. The van der Waals surface area contributed by atoms with Gasteiger partial charge < -0.3 is 10.2 Å². The summed E-state index contributed by atoms with van der Waals surface area (Å²) in [6.45, 7) is 0. The smallest absolute Gasteiger partial charge is 0.423 e. The summed E-state index contributed by atoms with van der Waals surface area (Å²) in [5.41, 5.74) is -1.45. The first-order chi connectivity index (χ1) is 5.43. The molecule has 0 aliphatic rings. The van der Waals surface area contributed by atoms with E-state index < -0.39 is 23.2 Å². The molecule has 2 N–H and O–H groups in total. The third kappa shape index (κ3) is 1.44. The van der Waals surface area contributed by atoms with Crippen LogP contribution in [0.2, 0.25) is 0 Å². The summed E-state index contributed by atoms with van der Waals surface area (Å²) in [4.78, 5) is 0. The molecule has 0 saturated carbocycles. The topological polar surface area (TPSA) is 40.5 Å². The molecule has 2 nitrogen and oxygen atoms in total. The highest BCUT2D eigenvalue weighted by molar-refractivity contribution is 5.44. The molecule has 1 rings (SSSR count). The van der Waals surface area contributed by atoms with Gasteiger partial charge in [0.15, 0.2) is 0 Å². The van der Waals surface area contributed by atoms with Crippen LogP contribution in [-0.2, 0) is 6.18 Å². The molecule has 0 aromatic heterocycles. The predicted octanol–water partition coefficient (Wildman–Crippen LogP) is 1.92. The molecule has 0 heterocycles. The molecular weight excluding hydrogens is 173 g/mol. The van der Waals surface area contributed by atoms with Crippen LogP contribution < -0.4 is 0 Å². The Balaban J connectivity index is 3.31. The summed E-state index contributed by atoms with van der Waals surface area (Å²) < 4.78 is 35.9. The fraction of sp³-hybridized carbons (Fsp3) is 0.143. The van der Waals surface area contributed by atoms with Gasteiger partial charge in [-0.05, 0) is 12.1 Å². The lowest BCUT2D eigenvalue weighted by atomic mass is 10.2. The molecule has 0 bridgehead atoms. The first-order valence-electron chi connectivity index (χ1n) is 2.92.